The van der Waals surface area contributed by atoms with Gasteiger partial charge in [-0.1, -0.05) is 55.5 Å². The van der Waals surface area contributed by atoms with Gasteiger partial charge in [-0.05, 0) is 41.1 Å². The van der Waals surface area contributed by atoms with Gasteiger partial charge in [0, 0.05) is 18.2 Å². The summed E-state index contributed by atoms with van der Waals surface area (Å²) < 4.78 is 46.3. The predicted octanol–water partition coefficient (Wildman–Crippen LogP) is 5.27. The van der Waals surface area contributed by atoms with Crippen LogP contribution in [-0.4, -0.2) is 36.6 Å². The van der Waals surface area contributed by atoms with Crippen molar-refractivity contribution in [1.29, 1.82) is 0 Å². The summed E-state index contributed by atoms with van der Waals surface area (Å²) in [5, 5.41) is 17.0. The maximum absolute atomic E-state index is 13.6. The number of hydrogen-bond donors (Lipinski definition) is 2. The van der Waals surface area contributed by atoms with E-state index in [1.54, 1.807) is 26.0 Å². The molecule has 3 rings (SSSR count). The van der Waals surface area contributed by atoms with E-state index in [1.165, 1.54) is 0 Å². The van der Waals surface area contributed by atoms with E-state index in [1.807, 2.05) is 42.5 Å². The lowest BCUT2D eigenvalue weighted by atomic mass is 9.97. The summed E-state index contributed by atoms with van der Waals surface area (Å²) in [5.74, 6) is 0.000265. The summed E-state index contributed by atoms with van der Waals surface area (Å²) in [7, 11) is 0. The Kier molecular flexibility index (Phi) is 6.15. The maximum Gasteiger partial charge on any atom is 0.422 e. The molecule has 2 N–H and O–H groups in total. The fraction of sp³-hybridized carbons (Fsp3) is 0.304. The summed E-state index contributed by atoms with van der Waals surface area (Å²) in [4.78, 5) is 0. The van der Waals surface area contributed by atoms with Gasteiger partial charge in [0.2, 0.25) is 0 Å². The quantitative estimate of drug-likeness (QED) is 0.417. The SMILES string of the molecule is CCNCC(O)(/C=C(\OCC)c1ccc2c(ccc3ccccc32)c1)C(F)(F)F. The van der Waals surface area contributed by atoms with E-state index in [0.29, 0.717) is 12.1 Å². The van der Waals surface area contributed by atoms with Gasteiger partial charge >= 0.3 is 6.18 Å². The largest absolute Gasteiger partial charge is 0.493 e. The maximum atomic E-state index is 13.6. The highest BCUT2D eigenvalue weighted by atomic mass is 19.4. The standard InChI is InChI=1S/C23H24F3NO2/c1-3-27-15-22(28,23(24,25)26)14-21(29-4-2)18-11-12-20-17(13-18)10-9-16-7-5-6-8-19(16)20/h5-14,27-28H,3-4,15H2,1-2H3/b21-14-. The molecular weight excluding hydrogens is 379 g/mol. The van der Waals surface area contributed by atoms with Crippen LogP contribution in [0.4, 0.5) is 13.2 Å². The Morgan fingerprint density at radius 3 is 2.38 bits per heavy atom. The average molecular weight is 403 g/mol. The van der Waals surface area contributed by atoms with Crippen LogP contribution in [0.2, 0.25) is 0 Å². The van der Waals surface area contributed by atoms with Gasteiger partial charge in [-0.2, -0.15) is 13.2 Å². The van der Waals surface area contributed by atoms with Crippen molar-refractivity contribution in [2.24, 2.45) is 0 Å². The fourth-order valence-corrected chi connectivity index (χ4v) is 3.30. The van der Waals surface area contributed by atoms with Crippen molar-refractivity contribution >= 4 is 27.3 Å². The first kappa shape index (κ1) is 21.1. The molecule has 0 aliphatic carbocycles. The van der Waals surface area contributed by atoms with E-state index in [2.05, 4.69) is 5.32 Å². The highest BCUT2D eigenvalue weighted by molar-refractivity contribution is 6.07. The number of ether oxygens (including phenoxy) is 1. The van der Waals surface area contributed by atoms with Crippen LogP contribution in [0.1, 0.15) is 19.4 Å². The second-order valence-corrected chi connectivity index (χ2v) is 6.87. The first-order valence-corrected chi connectivity index (χ1v) is 9.56. The molecule has 0 aliphatic rings. The van der Waals surface area contributed by atoms with Gasteiger partial charge < -0.3 is 15.2 Å². The van der Waals surface area contributed by atoms with Gasteiger partial charge in [-0.3, -0.25) is 0 Å². The zero-order valence-corrected chi connectivity index (χ0v) is 16.4. The van der Waals surface area contributed by atoms with Crippen LogP contribution in [0.25, 0.3) is 27.3 Å². The average Bonchev–Trinajstić information content (AvgIpc) is 2.70. The number of nitrogens with one attached hydrogen (secondary N) is 1. The minimum atomic E-state index is -4.84. The Balaban J connectivity index is 2.11. The molecule has 0 heterocycles. The van der Waals surface area contributed by atoms with Crippen molar-refractivity contribution in [3.8, 4) is 0 Å². The highest BCUT2D eigenvalue weighted by Crippen LogP contribution is 2.35. The molecular formula is C23H24F3NO2. The van der Waals surface area contributed by atoms with E-state index in [-0.39, 0.29) is 12.4 Å². The lowest BCUT2D eigenvalue weighted by Gasteiger charge is -2.28. The Morgan fingerprint density at radius 2 is 1.69 bits per heavy atom. The van der Waals surface area contributed by atoms with Gasteiger partial charge in [-0.15, -0.1) is 0 Å². The van der Waals surface area contributed by atoms with Crippen LogP contribution in [0.5, 0.6) is 0 Å². The lowest BCUT2D eigenvalue weighted by Crippen LogP contribution is -2.51. The molecule has 0 aliphatic heterocycles. The Morgan fingerprint density at radius 1 is 1.00 bits per heavy atom. The second kappa shape index (κ2) is 8.43. The molecule has 1 atom stereocenters. The first-order valence-electron chi connectivity index (χ1n) is 9.56. The lowest BCUT2D eigenvalue weighted by molar-refractivity contribution is -0.237. The van der Waals surface area contributed by atoms with E-state index >= 15 is 0 Å². The molecule has 1 unspecified atom stereocenters. The molecule has 0 fully saturated rings. The van der Waals surface area contributed by atoms with Crippen molar-refractivity contribution in [3.05, 3.63) is 66.2 Å². The van der Waals surface area contributed by atoms with Gasteiger partial charge in [-0.25, -0.2) is 0 Å². The molecule has 0 aromatic heterocycles. The van der Waals surface area contributed by atoms with Crippen molar-refractivity contribution in [2.45, 2.75) is 25.6 Å². The van der Waals surface area contributed by atoms with Crippen LogP contribution in [-0.2, 0) is 4.74 Å². The van der Waals surface area contributed by atoms with Crippen molar-refractivity contribution in [2.75, 3.05) is 19.7 Å². The Labute approximate surface area is 167 Å². The van der Waals surface area contributed by atoms with E-state index in [0.717, 1.165) is 27.6 Å². The van der Waals surface area contributed by atoms with Crippen LogP contribution < -0.4 is 5.32 Å². The number of fused-ring (bicyclic) bond motifs is 3. The Bertz CT molecular complexity index is 1030. The number of halogens is 3. The summed E-state index contributed by atoms with van der Waals surface area (Å²) in [6.07, 6.45) is -4.08. The topological polar surface area (TPSA) is 41.5 Å². The zero-order valence-electron chi connectivity index (χ0n) is 16.4. The van der Waals surface area contributed by atoms with Crippen molar-refractivity contribution in [3.63, 3.8) is 0 Å². The summed E-state index contributed by atoms with van der Waals surface area (Å²) in [5.41, 5.74) is -2.56. The number of rotatable bonds is 7. The Hall–Kier alpha value is -2.57. The molecule has 29 heavy (non-hydrogen) atoms. The number of hydrogen-bond acceptors (Lipinski definition) is 3. The minimum Gasteiger partial charge on any atom is -0.493 e. The summed E-state index contributed by atoms with van der Waals surface area (Å²) in [6.45, 7) is 3.20. The van der Waals surface area contributed by atoms with E-state index in [4.69, 9.17) is 4.74 Å². The molecule has 0 amide bonds. The highest BCUT2D eigenvalue weighted by Gasteiger charge is 2.52. The van der Waals surface area contributed by atoms with Crippen LogP contribution in [0.15, 0.2) is 60.7 Å². The third kappa shape index (κ3) is 4.38. The number of aliphatic hydroxyl groups is 1. The third-order valence-corrected chi connectivity index (χ3v) is 4.83. The first-order chi connectivity index (χ1) is 13.8. The van der Waals surface area contributed by atoms with Gasteiger partial charge in [0.25, 0.3) is 0 Å². The van der Waals surface area contributed by atoms with Crippen molar-refractivity contribution < 1.29 is 23.0 Å². The smallest absolute Gasteiger partial charge is 0.422 e. The fourth-order valence-electron chi connectivity index (χ4n) is 3.30. The molecule has 6 heteroatoms. The summed E-state index contributed by atoms with van der Waals surface area (Å²) in [6, 6.07) is 17.2. The van der Waals surface area contributed by atoms with Gasteiger partial charge in [0.15, 0.2) is 5.60 Å². The molecule has 3 nitrogen and oxygen atoms in total. The van der Waals surface area contributed by atoms with Crippen molar-refractivity contribution in [1.82, 2.24) is 5.32 Å². The molecule has 3 aromatic rings. The molecule has 0 saturated carbocycles. The van der Waals surface area contributed by atoms with Crippen LogP contribution in [0, 0.1) is 0 Å². The molecule has 154 valence electrons. The van der Waals surface area contributed by atoms with Gasteiger partial charge in [0.05, 0.1) is 6.61 Å². The van der Waals surface area contributed by atoms with Gasteiger partial charge in [0.1, 0.15) is 5.76 Å². The molecule has 3 aromatic carbocycles. The molecule has 0 bridgehead atoms. The van der Waals surface area contributed by atoms with E-state index < -0.39 is 18.3 Å². The summed E-state index contributed by atoms with van der Waals surface area (Å²) >= 11 is 0. The third-order valence-electron chi connectivity index (χ3n) is 4.83. The number of alkyl halides is 3. The molecule has 0 radical (unpaired) electrons. The van der Waals surface area contributed by atoms with E-state index in [9.17, 15) is 18.3 Å². The van der Waals surface area contributed by atoms with Crippen LogP contribution >= 0.6 is 0 Å². The molecule has 0 spiro atoms. The zero-order chi connectivity index (χ0) is 21.1. The minimum absolute atomic E-state index is 0.000265. The van der Waals surface area contributed by atoms with Crippen LogP contribution in [0.3, 0.4) is 0 Å². The molecule has 0 saturated heterocycles. The monoisotopic (exact) mass is 403 g/mol. The predicted molar refractivity (Wildman–Crippen MR) is 111 cm³/mol. The number of benzene rings is 3. The number of likely N-dealkylation sites (N-methyl/N-ethyl adjacent to an activating group) is 1. The normalized spacial score (nSPS) is 14.9. The second-order valence-electron chi connectivity index (χ2n) is 6.87.